The van der Waals surface area contributed by atoms with Gasteiger partial charge in [0, 0.05) is 0 Å². The molecule has 2 aliphatic carbocycles. The van der Waals surface area contributed by atoms with E-state index in [1.54, 1.807) is 0 Å². The lowest BCUT2D eigenvalue weighted by Crippen LogP contribution is -2.68. The van der Waals surface area contributed by atoms with Gasteiger partial charge in [-0.1, -0.05) is 91.9 Å². The smallest absolute Gasteiger partial charge is 0.342 e. The molecule has 0 aliphatic heterocycles. The molecule has 2 rings (SSSR count). The maximum atomic E-state index is 14.0. The van der Waals surface area contributed by atoms with Crippen molar-refractivity contribution in [1.82, 2.24) is 0 Å². The Labute approximate surface area is 220 Å². The Morgan fingerprint density at radius 2 is 0.944 bits per heavy atom. The minimum Gasteiger partial charge on any atom is -0.463 e. The summed E-state index contributed by atoms with van der Waals surface area (Å²) in [4.78, 5) is 28.1. The zero-order chi connectivity index (χ0) is 26.3. The van der Waals surface area contributed by atoms with Crippen molar-refractivity contribution < 1.29 is 28.5 Å². The van der Waals surface area contributed by atoms with Crippen LogP contribution in [0.2, 0.25) is 0 Å². The van der Waals surface area contributed by atoms with Gasteiger partial charge in [-0.15, -0.1) is 0 Å². The van der Waals surface area contributed by atoms with E-state index < -0.39 is 23.1 Å². The van der Waals surface area contributed by atoms with Gasteiger partial charge in [0.1, 0.15) is 0 Å². The average Bonchev–Trinajstić information content (AvgIpc) is 2.92. The van der Waals surface area contributed by atoms with Gasteiger partial charge < -0.3 is 18.9 Å². The molecule has 2 aliphatic rings. The molecule has 2 fully saturated rings. The number of rotatable bonds is 17. The topological polar surface area (TPSA) is 71.1 Å². The van der Waals surface area contributed by atoms with E-state index in [1.807, 2.05) is 13.8 Å². The molecule has 0 saturated heterocycles. The van der Waals surface area contributed by atoms with E-state index in [9.17, 15) is 9.59 Å². The molecular weight excluding hydrogens is 456 g/mol. The van der Waals surface area contributed by atoms with Crippen LogP contribution in [0.3, 0.4) is 0 Å². The van der Waals surface area contributed by atoms with Crippen molar-refractivity contribution in [2.24, 2.45) is 0 Å². The van der Waals surface area contributed by atoms with Crippen molar-refractivity contribution in [2.75, 3.05) is 13.2 Å². The monoisotopic (exact) mass is 510 g/mol. The fourth-order valence-corrected chi connectivity index (χ4v) is 5.84. The molecule has 0 aromatic rings. The van der Waals surface area contributed by atoms with Crippen LogP contribution in [0.1, 0.15) is 143 Å². The molecule has 0 aromatic carbocycles. The van der Waals surface area contributed by atoms with Gasteiger partial charge in [0.05, 0.1) is 25.4 Å². The molecular formula is C30H54O6. The second kappa shape index (κ2) is 16.7. The molecule has 2 atom stereocenters. The predicted molar refractivity (Wildman–Crippen MR) is 143 cm³/mol. The SMILES string of the molecule is CCCCCOC(=O)C(CC)(OC1CCCCC1)C(CC)(OC1CCCCC1)C(=O)OCCCCC. The number of carbonyl (C=O) groups is 2. The summed E-state index contributed by atoms with van der Waals surface area (Å²) in [6, 6.07) is 0. The van der Waals surface area contributed by atoms with E-state index in [0.717, 1.165) is 89.9 Å². The van der Waals surface area contributed by atoms with E-state index in [-0.39, 0.29) is 12.2 Å². The average molecular weight is 511 g/mol. The minimum absolute atomic E-state index is 0.0873. The molecule has 36 heavy (non-hydrogen) atoms. The van der Waals surface area contributed by atoms with Crippen molar-refractivity contribution >= 4 is 11.9 Å². The summed E-state index contributed by atoms with van der Waals surface area (Å²) in [6.45, 7) is 8.76. The predicted octanol–water partition coefficient (Wildman–Crippen LogP) is 7.45. The largest absolute Gasteiger partial charge is 0.463 e. The molecule has 6 nitrogen and oxygen atoms in total. The molecule has 2 unspecified atom stereocenters. The summed E-state index contributed by atoms with van der Waals surface area (Å²) in [5, 5.41) is 0. The molecule has 0 amide bonds. The van der Waals surface area contributed by atoms with Crippen LogP contribution in [0.4, 0.5) is 0 Å². The number of carbonyl (C=O) groups excluding carboxylic acids is 2. The highest BCUT2D eigenvalue weighted by atomic mass is 16.6. The number of esters is 2. The summed E-state index contributed by atoms with van der Waals surface area (Å²) < 4.78 is 25.3. The summed E-state index contributed by atoms with van der Waals surface area (Å²) in [5.74, 6) is -0.926. The molecule has 0 heterocycles. The summed E-state index contributed by atoms with van der Waals surface area (Å²) in [7, 11) is 0. The zero-order valence-electron chi connectivity index (χ0n) is 23.7. The Morgan fingerprint density at radius 1 is 0.583 bits per heavy atom. The van der Waals surface area contributed by atoms with Gasteiger partial charge >= 0.3 is 11.9 Å². The second-order valence-electron chi connectivity index (χ2n) is 10.8. The van der Waals surface area contributed by atoms with Crippen LogP contribution in [-0.2, 0) is 28.5 Å². The molecule has 6 heteroatoms. The van der Waals surface area contributed by atoms with Gasteiger partial charge in [-0.3, -0.25) is 0 Å². The highest BCUT2D eigenvalue weighted by Crippen LogP contribution is 2.43. The van der Waals surface area contributed by atoms with Crippen molar-refractivity contribution in [1.29, 1.82) is 0 Å². The first-order chi connectivity index (χ1) is 17.5. The third kappa shape index (κ3) is 8.18. The molecule has 0 bridgehead atoms. The van der Waals surface area contributed by atoms with Gasteiger partial charge in [-0.05, 0) is 51.4 Å². The lowest BCUT2D eigenvalue weighted by molar-refractivity contribution is -0.261. The number of ether oxygens (including phenoxy) is 4. The van der Waals surface area contributed by atoms with Gasteiger partial charge in [-0.2, -0.15) is 0 Å². The molecule has 0 spiro atoms. The van der Waals surface area contributed by atoms with E-state index in [4.69, 9.17) is 18.9 Å². The van der Waals surface area contributed by atoms with E-state index in [1.165, 1.54) is 12.8 Å². The quantitative estimate of drug-likeness (QED) is 0.149. The van der Waals surface area contributed by atoms with Gasteiger partial charge in [0.15, 0.2) is 0 Å². The Hall–Kier alpha value is -1.14. The van der Waals surface area contributed by atoms with Crippen molar-refractivity contribution in [3.8, 4) is 0 Å². The van der Waals surface area contributed by atoms with Gasteiger partial charge in [0.2, 0.25) is 11.2 Å². The van der Waals surface area contributed by atoms with Crippen LogP contribution >= 0.6 is 0 Å². The summed E-state index contributed by atoms with van der Waals surface area (Å²) >= 11 is 0. The summed E-state index contributed by atoms with van der Waals surface area (Å²) in [5.41, 5.74) is -3.04. The molecule has 0 N–H and O–H groups in total. The van der Waals surface area contributed by atoms with Crippen LogP contribution in [-0.4, -0.2) is 48.6 Å². The normalized spacial score (nSPS) is 20.9. The molecule has 2 saturated carbocycles. The fraction of sp³-hybridized carbons (Fsp3) is 0.933. The number of unbranched alkanes of at least 4 members (excludes halogenated alkanes) is 4. The maximum absolute atomic E-state index is 14.0. The van der Waals surface area contributed by atoms with Crippen molar-refractivity contribution in [3.05, 3.63) is 0 Å². The van der Waals surface area contributed by atoms with Crippen LogP contribution in [0.25, 0.3) is 0 Å². The third-order valence-electron chi connectivity index (χ3n) is 8.11. The maximum Gasteiger partial charge on any atom is 0.342 e. The van der Waals surface area contributed by atoms with Crippen molar-refractivity contribution in [2.45, 2.75) is 167 Å². The van der Waals surface area contributed by atoms with Crippen LogP contribution in [0, 0.1) is 0 Å². The Kier molecular flexibility index (Phi) is 14.4. The Balaban J connectivity index is 2.46. The fourth-order valence-electron chi connectivity index (χ4n) is 5.84. The first-order valence-electron chi connectivity index (χ1n) is 15.2. The lowest BCUT2D eigenvalue weighted by atomic mass is 9.76. The van der Waals surface area contributed by atoms with E-state index in [0.29, 0.717) is 26.1 Å². The minimum atomic E-state index is -1.52. The lowest BCUT2D eigenvalue weighted by Gasteiger charge is -2.48. The standard InChI is InChI=1S/C30H54O6/c1-5-9-17-23-33-27(31)29(7-3,35-25-19-13-11-14-20-25)30(8-4,28(32)34-24-18-10-6-2)36-26-21-15-12-16-22-26/h25-26H,5-24H2,1-4H3. The highest BCUT2D eigenvalue weighted by Gasteiger charge is 2.65. The van der Waals surface area contributed by atoms with E-state index >= 15 is 0 Å². The third-order valence-corrected chi connectivity index (χ3v) is 8.11. The first-order valence-corrected chi connectivity index (χ1v) is 15.2. The van der Waals surface area contributed by atoms with Crippen LogP contribution in [0.15, 0.2) is 0 Å². The number of hydrogen-bond donors (Lipinski definition) is 0. The Bertz CT molecular complexity index is 571. The highest BCUT2D eigenvalue weighted by molar-refractivity contribution is 5.93. The molecule has 0 radical (unpaired) electrons. The molecule has 210 valence electrons. The Morgan fingerprint density at radius 3 is 1.25 bits per heavy atom. The zero-order valence-corrected chi connectivity index (χ0v) is 23.7. The van der Waals surface area contributed by atoms with Crippen molar-refractivity contribution in [3.63, 3.8) is 0 Å². The van der Waals surface area contributed by atoms with Crippen LogP contribution < -0.4 is 0 Å². The van der Waals surface area contributed by atoms with Gasteiger partial charge in [-0.25, -0.2) is 9.59 Å². The number of hydrogen-bond acceptors (Lipinski definition) is 6. The first kappa shape index (κ1) is 31.1. The molecule has 0 aromatic heterocycles. The second-order valence-corrected chi connectivity index (χ2v) is 10.8. The summed E-state index contributed by atoms with van der Waals surface area (Å²) in [6.07, 6.45) is 16.3. The van der Waals surface area contributed by atoms with Crippen LogP contribution in [0.5, 0.6) is 0 Å². The van der Waals surface area contributed by atoms with E-state index in [2.05, 4.69) is 13.8 Å². The van der Waals surface area contributed by atoms with Gasteiger partial charge in [0.25, 0.3) is 0 Å².